The van der Waals surface area contributed by atoms with Crippen molar-refractivity contribution in [2.24, 2.45) is 0 Å². The summed E-state index contributed by atoms with van der Waals surface area (Å²) in [5.41, 5.74) is 2.41. The third kappa shape index (κ3) is 3.75. The van der Waals surface area contributed by atoms with E-state index < -0.39 is 0 Å². The Morgan fingerprint density at radius 3 is 2.62 bits per heavy atom. The third-order valence-electron chi connectivity index (χ3n) is 3.55. The molecular formula is C17H14Cl2N4O. The summed E-state index contributed by atoms with van der Waals surface area (Å²) in [7, 11) is 0. The van der Waals surface area contributed by atoms with Gasteiger partial charge < -0.3 is 5.32 Å². The maximum absolute atomic E-state index is 12.3. The number of halogens is 2. The quantitative estimate of drug-likeness (QED) is 0.756. The van der Waals surface area contributed by atoms with Crippen LogP contribution in [-0.2, 0) is 13.1 Å². The van der Waals surface area contributed by atoms with E-state index in [1.165, 1.54) is 6.33 Å². The number of hydrogen-bond donors (Lipinski definition) is 1. The standard InChI is InChI=1S/C17H14Cl2N4O/c18-15-7-3-6-14(16(15)19)17(24)21-8-12-4-1-2-5-13(12)9-23-11-20-10-22-23/h1-7,10-11H,8-9H2,(H,21,24). The average molecular weight is 361 g/mol. The summed E-state index contributed by atoms with van der Waals surface area (Å²) in [5.74, 6) is -0.266. The fraction of sp³-hybridized carbons (Fsp3) is 0.118. The molecule has 0 aliphatic carbocycles. The Morgan fingerprint density at radius 1 is 1.08 bits per heavy atom. The van der Waals surface area contributed by atoms with Crippen molar-refractivity contribution in [3.8, 4) is 0 Å². The van der Waals surface area contributed by atoms with Crippen LogP contribution in [0.25, 0.3) is 0 Å². The van der Waals surface area contributed by atoms with Crippen LogP contribution in [0.4, 0.5) is 0 Å². The molecule has 0 atom stereocenters. The molecule has 2 aromatic carbocycles. The highest BCUT2D eigenvalue weighted by Crippen LogP contribution is 2.25. The number of carbonyl (C=O) groups excluding carboxylic acids is 1. The number of benzene rings is 2. The summed E-state index contributed by atoms with van der Waals surface area (Å²) >= 11 is 12.0. The van der Waals surface area contributed by atoms with Crippen LogP contribution >= 0.6 is 23.2 Å². The SMILES string of the molecule is O=C(NCc1ccccc1Cn1cncn1)c1cccc(Cl)c1Cl. The predicted molar refractivity (Wildman–Crippen MR) is 93.2 cm³/mol. The number of nitrogens with one attached hydrogen (secondary N) is 1. The molecule has 0 saturated carbocycles. The van der Waals surface area contributed by atoms with E-state index in [0.717, 1.165) is 11.1 Å². The van der Waals surface area contributed by atoms with Gasteiger partial charge in [0.15, 0.2) is 0 Å². The summed E-state index contributed by atoms with van der Waals surface area (Å²) in [6, 6.07) is 12.8. The number of aromatic nitrogens is 3. The molecule has 3 aromatic rings. The largest absolute Gasteiger partial charge is 0.348 e. The summed E-state index contributed by atoms with van der Waals surface area (Å²) in [6.07, 6.45) is 3.15. The number of rotatable bonds is 5. The zero-order valence-electron chi connectivity index (χ0n) is 12.6. The van der Waals surface area contributed by atoms with Crippen molar-refractivity contribution in [1.29, 1.82) is 0 Å². The number of carbonyl (C=O) groups is 1. The smallest absolute Gasteiger partial charge is 0.253 e. The van der Waals surface area contributed by atoms with Crippen LogP contribution < -0.4 is 5.32 Å². The first kappa shape index (κ1) is 16.5. The Balaban J connectivity index is 1.73. The van der Waals surface area contributed by atoms with Crippen LogP contribution in [0.3, 0.4) is 0 Å². The maximum Gasteiger partial charge on any atom is 0.253 e. The van der Waals surface area contributed by atoms with Gasteiger partial charge in [-0.2, -0.15) is 5.10 Å². The lowest BCUT2D eigenvalue weighted by molar-refractivity contribution is 0.0951. The van der Waals surface area contributed by atoms with Crippen LogP contribution in [-0.4, -0.2) is 20.7 Å². The minimum Gasteiger partial charge on any atom is -0.348 e. The molecule has 122 valence electrons. The molecule has 1 N–H and O–H groups in total. The molecule has 0 bridgehead atoms. The van der Waals surface area contributed by atoms with Gasteiger partial charge in [-0.1, -0.05) is 53.5 Å². The molecule has 5 nitrogen and oxygen atoms in total. The Kier molecular flexibility index (Phi) is 5.13. The lowest BCUT2D eigenvalue weighted by Gasteiger charge is -2.11. The number of hydrogen-bond acceptors (Lipinski definition) is 3. The molecular weight excluding hydrogens is 347 g/mol. The predicted octanol–water partition coefficient (Wildman–Crippen LogP) is 3.56. The van der Waals surface area contributed by atoms with Gasteiger partial charge >= 0.3 is 0 Å². The lowest BCUT2D eigenvalue weighted by Crippen LogP contribution is -2.24. The molecule has 0 saturated heterocycles. The molecule has 1 aromatic heterocycles. The molecule has 7 heteroatoms. The van der Waals surface area contributed by atoms with Crippen molar-refractivity contribution in [1.82, 2.24) is 20.1 Å². The topological polar surface area (TPSA) is 59.8 Å². The minimum absolute atomic E-state index is 0.257. The summed E-state index contributed by atoms with van der Waals surface area (Å²) in [6.45, 7) is 0.969. The molecule has 0 aliphatic heterocycles. The first-order chi connectivity index (χ1) is 11.6. The van der Waals surface area contributed by atoms with E-state index in [2.05, 4.69) is 15.4 Å². The van der Waals surface area contributed by atoms with Gasteiger partial charge in [0.05, 0.1) is 22.2 Å². The van der Waals surface area contributed by atoms with Gasteiger partial charge in [-0.3, -0.25) is 4.79 Å². The van der Waals surface area contributed by atoms with Gasteiger partial charge in [-0.05, 0) is 23.3 Å². The average Bonchev–Trinajstić information content (AvgIpc) is 3.09. The van der Waals surface area contributed by atoms with Crippen molar-refractivity contribution in [3.63, 3.8) is 0 Å². The third-order valence-corrected chi connectivity index (χ3v) is 4.37. The van der Waals surface area contributed by atoms with Gasteiger partial charge in [-0.25, -0.2) is 9.67 Å². The van der Waals surface area contributed by atoms with Gasteiger partial charge in [0.2, 0.25) is 0 Å². The second-order valence-corrected chi connectivity index (χ2v) is 5.93. The number of nitrogens with zero attached hydrogens (tertiary/aromatic N) is 3. The van der Waals surface area contributed by atoms with Crippen LogP contribution in [0.5, 0.6) is 0 Å². The molecule has 24 heavy (non-hydrogen) atoms. The molecule has 0 spiro atoms. The van der Waals surface area contributed by atoms with E-state index in [4.69, 9.17) is 23.2 Å². The van der Waals surface area contributed by atoms with E-state index in [1.54, 1.807) is 29.2 Å². The van der Waals surface area contributed by atoms with Gasteiger partial charge in [0.1, 0.15) is 12.7 Å². The maximum atomic E-state index is 12.3. The summed E-state index contributed by atoms with van der Waals surface area (Å²) in [5, 5.41) is 7.59. The first-order valence-electron chi connectivity index (χ1n) is 7.26. The fourth-order valence-electron chi connectivity index (χ4n) is 2.32. The Hall–Kier alpha value is -2.37. The van der Waals surface area contributed by atoms with Crippen molar-refractivity contribution >= 4 is 29.1 Å². The van der Waals surface area contributed by atoms with Crippen molar-refractivity contribution in [3.05, 3.63) is 81.9 Å². The van der Waals surface area contributed by atoms with Gasteiger partial charge in [0.25, 0.3) is 5.91 Å². The monoisotopic (exact) mass is 360 g/mol. The zero-order valence-corrected chi connectivity index (χ0v) is 14.1. The normalized spacial score (nSPS) is 10.6. The van der Waals surface area contributed by atoms with E-state index in [9.17, 15) is 4.79 Å². The van der Waals surface area contributed by atoms with E-state index in [1.807, 2.05) is 24.3 Å². The van der Waals surface area contributed by atoms with Crippen molar-refractivity contribution in [2.45, 2.75) is 13.1 Å². The van der Waals surface area contributed by atoms with Gasteiger partial charge in [0, 0.05) is 6.54 Å². The highest BCUT2D eigenvalue weighted by atomic mass is 35.5. The van der Waals surface area contributed by atoms with Gasteiger partial charge in [-0.15, -0.1) is 0 Å². The minimum atomic E-state index is -0.266. The van der Waals surface area contributed by atoms with Crippen LogP contribution in [0.15, 0.2) is 55.1 Å². The highest BCUT2D eigenvalue weighted by molar-refractivity contribution is 6.43. The Bertz CT molecular complexity index is 850. The van der Waals surface area contributed by atoms with Crippen LogP contribution in [0.2, 0.25) is 10.0 Å². The molecule has 3 rings (SSSR count). The summed E-state index contributed by atoms with van der Waals surface area (Å²) in [4.78, 5) is 16.3. The molecule has 0 unspecified atom stereocenters. The number of amides is 1. The lowest BCUT2D eigenvalue weighted by atomic mass is 10.1. The van der Waals surface area contributed by atoms with Crippen molar-refractivity contribution in [2.75, 3.05) is 0 Å². The van der Waals surface area contributed by atoms with E-state index in [-0.39, 0.29) is 10.9 Å². The summed E-state index contributed by atoms with van der Waals surface area (Å²) < 4.78 is 1.73. The first-order valence-corrected chi connectivity index (χ1v) is 8.02. The highest BCUT2D eigenvalue weighted by Gasteiger charge is 2.13. The zero-order chi connectivity index (χ0) is 16.9. The fourth-order valence-corrected chi connectivity index (χ4v) is 2.71. The second-order valence-electron chi connectivity index (χ2n) is 5.15. The second kappa shape index (κ2) is 7.47. The van der Waals surface area contributed by atoms with E-state index >= 15 is 0 Å². The molecule has 0 radical (unpaired) electrons. The molecule has 0 aliphatic rings. The Morgan fingerprint density at radius 2 is 1.88 bits per heavy atom. The molecule has 0 fully saturated rings. The van der Waals surface area contributed by atoms with E-state index in [0.29, 0.717) is 23.7 Å². The molecule has 1 heterocycles. The molecule has 1 amide bonds. The van der Waals surface area contributed by atoms with Crippen LogP contribution in [0.1, 0.15) is 21.5 Å². The van der Waals surface area contributed by atoms with Crippen LogP contribution in [0, 0.1) is 0 Å². The Labute approximate surface area is 149 Å². The van der Waals surface area contributed by atoms with Crippen molar-refractivity contribution < 1.29 is 4.79 Å².